The van der Waals surface area contributed by atoms with E-state index in [9.17, 15) is 14.4 Å². The predicted molar refractivity (Wildman–Crippen MR) is 124 cm³/mol. The van der Waals surface area contributed by atoms with Crippen LogP contribution in [0.3, 0.4) is 0 Å². The van der Waals surface area contributed by atoms with Crippen LogP contribution in [0.5, 0.6) is 0 Å². The van der Waals surface area contributed by atoms with Crippen LogP contribution in [-0.4, -0.2) is 38.9 Å². The van der Waals surface area contributed by atoms with E-state index in [0.29, 0.717) is 17.8 Å². The van der Waals surface area contributed by atoms with Gasteiger partial charge in [0.05, 0.1) is 0 Å². The third kappa shape index (κ3) is 20.8. The Morgan fingerprint density at radius 1 is 0.516 bits per heavy atom. The molecule has 181 valence electrons. The molecule has 1 radical (unpaired) electrons. The monoisotopic (exact) mass is 549 g/mol. The number of hydrogen-bond donors (Lipinski definition) is 0. The predicted octanol–water partition coefficient (Wildman–Crippen LogP) is 6.25. The number of hydrogen-bond acceptors (Lipinski definition) is 6. The Morgan fingerprint density at radius 3 is 1.00 bits per heavy atom. The first-order valence-electron chi connectivity index (χ1n) is 12.1. The second-order valence-corrected chi connectivity index (χ2v) is 12.8. The Hall–Kier alpha value is -0.791. The van der Waals surface area contributed by atoms with Gasteiger partial charge in [-0.05, 0) is 0 Å². The first kappa shape index (κ1) is 30.2. The molecule has 0 saturated heterocycles. The molecule has 0 N–H and O–H groups in total. The molecular weight excluding hydrogens is 503 g/mol. The van der Waals surface area contributed by atoms with Crippen molar-refractivity contribution in [3.05, 3.63) is 0 Å². The normalized spacial score (nSPS) is 11.4. The zero-order valence-corrected chi connectivity index (χ0v) is 23.5. The van der Waals surface area contributed by atoms with Gasteiger partial charge in [-0.3, -0.25) is 0 Å². The van der Waals surface area contributed by atoms with Crippen LogP contribution in [0.1, 0.15) is 119 Å². The Morgan fingerprint density at radius 2 is 0.774 bits per heavy atom. The third-order valence-electron chi connectivity index (χ3n) is 4.83. The van der Waals surface area contributed by atoms with Crippen LogP contribution in [0.4, 0.5) is 0 Å². The van der Waals surface area contributed by atoms with Crippen molar-refractivity contribution < 1.29 is 23.6 Å². The van der Waals surface area contributed by atoms with Crippen LogP contribution >= 0.6 is 0 Å². The van der Waals surface area contributed by atoms with E-state index in [1.165, 1.54) is 0 Å². The minimum atomic E-state index is -3.83. The number of carbonyl (C=O) groups is 3. The zero-order chi connectivity index (χ0) is 23.6. The van der Waals surface area contributed by atoms with Crippen LogP contribution in [0.15, 0.2) is 0 Å². The topological polar surface area (TPSA) is 78.9 Å². The summed E-state index contributed by atoms with van der Waals surface area (Å²) in [6.07, 6.45) is 8.92. The molecule has 6 nitrogen and oxygen atoms in total. The van der Waals surface area contributed by atoms with Crippen LogP contribution in [0.2, 0.25) is 0 Å². The van der Waals surface area contributed by atoms with E-state index >= 15 is 0 Å². The van der Waals surface area contributed by atoms with Gasteiger partial charge in [0.2, 0.25) is 0 Å². The molecule has 0 fully saturated rings. The van der Waals surface area contributed by atoms with Crippen molar-refractivity contribution >= 4 is 38.9 Å². The number of carbonyl (C=O) groups excluding carboxylic acids is 3. The fourth-order valence-corrected chi connectivity index (χ4v) is 5.78. The maximum atomic E-state index is 12.2. The molecule has 0 aliphatic heterocycles. The van der Waals surface area contributed by atoms with Crippen LogP contribution in [-0.2, 0) is 23.6 Å². The SMILES string of the molecule is CC(C)CCCCC(=O)[O][Sn]([O]C(=O)CCCCC(C)C)[O]C(=O)CCCCC(C)C. The average molecular weight is 548 g/mol. The second-order valence-electron chi connectivity index (χ2n) is 9.59. The summed E-state index contributed by atoms with van der Waals surface area (Å²) in [7, 11) is 0. The molecule has 0 heterocycles. The summed E-state index contributed by atoms with van der Waals surface area (Å²) < 4.78 is 16.1. The summed E-state index contributed by atoms with van der Waals surface area (Å²) in [5.74, 6) is 0.483. The summed E-state index contributed by atoms with van der Waals surface area (Å²) in [5.41, 5.74) is 0. The van der Waals surface area contributed by atoms with Gasteiger partial charge in [-0.2, -0.15) is 0 Å². The van der Waals surface area contributed by atoms with Gasteiger partial charge in [0.15, 0.2) is 0 Å². The minimum absolute atomic E-state index is 0.259. The molecule has 7 heteroatoms. The van der Waals surface area contributed by atoms with Crippen molar-refractivity contribution in [3.63, 3.8) is 0 Å². The van der Waals surface area contributed by atoms with Gasteiger partial charge in [0, 0.05) is 0 Å². The Bertz CT molecular complexity index is 433. The second kappa shape index (κ2) is 18.7. The molecule has 0 rings (SSSR count). The van der Waals surface area contributed by atoms with Gasteiger partial charge in [0.25, 0.3) is 0 Å². The summed E-state index contributed by atoms with van der Waals surface area (Å²) in [6.45, 7) is 12.9. The van der Waals surface area contributed by atoms with Gasteiger partial charge in [0.1, 0.15) is 0 Å². The van der Waals surface area contributed by atoms with Gasteiger partial charge in [-0.25, -0.2) is 0 Å². The molecule has 0 aliphatic rings. The van der Waals surface area contributed by atoms with Gasteiger partial charge in [-0.15, -0.1) is 0 Å². The molecule has 0 amide bonds. The van der Waals surface area contributed by atoms with E-state index < -0.39 is 38.9 Å². The Balaban J connectivity index is 4.53. The first-order chi connectivity index (χ1) is 14.6. The Kier molecular flexibility index (Phi) is 18.3. The van der Waals surface area contributed by atoms with Crippen molar-refractivity contribution in [2.75, 3.05) is 0 Å². The van der Waals surface area contributed by atoms with Gasteiger partial charge in [-0.1, -0.05) is 0 Å². The van der Waals surface area contributed by atoms with E-state index in [1.807, 2.05) is 0 Å². The molecular formula is C24H45O6Sn. The molecule has 0 unspecified atom stereocenters. The molecule has 0 spiro atoms. The summed E-state index contributed by atoms with van der Waals surface area (Å²) in [4.78, 5) is 36.5. The summed E-state index contributed by atoms with van der Waals surface area (Å²) in [6, 6.07) is 0. The molecule has 31 heavy (non-hydrogen) atoms. The molecule has 0 bridgehead atoms. The van der Waals surface area contributed by atoms with E-state index in [4.69, 9.17) is 9.22 Å². The average Bonchev–Trinajstić information content (AvgIpc) is 2.65. The molecule has 0 aromatic heterocycles. The van der Waals surface area contributed by atoms with E-state index in [-0.39, 0.29) is 19.3 Å². The maximum absolute atomic E-state index is 12.2. The van der Waals surface area contributed by atoms with E-state index in [0.717, 1.165) is 57.8 Å². The van der Waals surface area contributed by atoms with E-state index in [1.54, 1.807) is 0 Å². The van der Waals surface area contributed by atoms with Crippen LogP contribution in [0.25, 0.3) is 0 Å². The molecule has 0 aliphatic carbocycles. The molecule has 0 atom stereocenters. The van der Waals surface area contributed by atoms with Gasteiger partial charge >= 0.3 is 199 Å². The van der Waals surface area contributed by atoms with Crippen molar-refractivity contribution in [3.8, 4) is 0 Å². The molecule has 0 saturated carbocycles. The summed E-state index contributed by atoms with van der Waals surface area (Å²) in [5, 5.41) is 0. The van der Waals surface area contributed by atoms with Crippen molar-refractivity contribution in [2.45, 2.75) is 119 Å². The van der Waals surface area contributed by atoms with Crippen molar-refractivity contribution in [1.82, 2.24) is 0 Å². The van der Waals surface area contributed by atoms with E-state index in [2.05, 4.69) is 41.5 Å². The fraction of sp³-hybridized carbons (Fsp3) is 0.875. The van der Waals surface area contributed by atoms with Crippen molar-refractivity contribution in [2.24, 2.45) is 17.8 Å². The zero-order valence-electron chi connectivity index (χ0n) is 20.7. The molecule has 0 aromatic carbocycles. The Labute approximate surface area is 198 Å². The number of rotatable bonds is 18. The van der Waals surface area contributed by atoms with Gasteiger partial charge < -0.3 is 0 Å². The van der Waals surface area contributed by atoms with Crippen molar-refractivity contribution in [1.29, 1.82) is 0 Å². The summed E-state index contributed by atoms with van der Waals surface area (Å²) >= 11 is -3.83. The standard InChI is InChI=1S/3C8H16O2.Sn/c3*1-7(2)5-3-4-6-8(9)10;/h3*7H,3-6H2,1-2H3,(H,9,10);/q;;;+3/p-3. The molecule has 0 aromatic rings. The van der Waals surface area contributed by atoms with Crippen LogP contribution < -0.4 is 0 Å². The third-order valence-corrected chi connectivity index (χ3v) is 8.21. The quantitative estimate of drug-likeness (QED) is 0.149. The fourth-order valence-electron chi connectivity index (χ4n) is 2.96. The van der Waals surface area contributed by atoms with Crippen LogP contribution in [0, 0.1) is 17.8 Å². The number of unbranched alkanes of at least 4 members (excludes halogenated alkanes) is 3. The first-order valence-corrected chi connectivity index (χ1v) is 15.6.